The van der Waals surface area contributed by atoms with E-state index >= 15 is 0 Å². The van der Waals surface area contributed by atoms with Gasteiger partial charge >= 0.3 is 6.18 Å². The summed E-state index contributed by atoms with van der Waals surface area (Å²) in [6.45, 7) is 0.678. The van der Waals surface area contributed by atoms with E-state index in [9.17, 15) is 18.0 Å². The SMILES string of the molecule is NCC1(CNC(=O)CC(F)(F)F)CC1. The third kappa shape index (κ3) is 3.53. The zero-order valence-corrected chi connectivity index (χ0v) is 7.66. The van der Waals surface area contributed by atoms with Gasteiger partial charge in [-0.15, -0.1) is 0 Å². The van der Waals surface area contributed by atoms with Crippen LogP contribution in [0.4, 0.5) is 13.2 Å². The van der Waals surface area contributed by atoms with Crippen molar-refractivity contribution < 1.29 is 18.0 Å². The van der Waals surface area contributed by atoms with Crippen LogP contribution in [0.1, 0.15) is 19.3 Å². The van der Waals surface area contributed by atoms with Crippen molar-refractivity contribution in [2.75, 3.05) is 13.1 Å². The molecule has 6 heteroatoms. The van der Waals surface area contributed by atoms with Gasteiger partial charge in [-0.25, -0.2) is 0 Å². The van der Waals surface area contributed by atoms with Crippen molar-refractivity contribution in [1.82, 2.24) is 5.32 Å². The fourth-order valence-corrected chi connectivity index (χ4v) is 1.16. The molecule has 1 amide bonds. The number of halogens is 3. The van der Waals surface area contributed by atoms with Crippen LogP contribution in [0.3, 0.4) is 0 Å². The fourth-order valence-electron chi connectivity index (χ4n) is 1.16. The molecule has 0 aromatic carbocycles. The van der Waals surface area contributed by atoms with Gasteiger partial charge in [0.05, 0.1) is 0 Å². The molecule has 3 nitrogen and oxygen atoms in total. The summed E-state index contributed by atoms with van der Waals surface area (Å²) in [7, 11) is 0. The highest BCUT2D eigenvalue weighted by Gasteiger charge is 2.41. The normalized spacial score (nSPS) is 19.1. The maximum Gasteiger partial charge on any atom is 0.397 e. The van der Waals surface area contributed by atoms with Gasteiger partial charge in [-0.3, -0.25) is 4.79 Å². The van der Waals surface area contributed by atoms with Crippen molar-refractivity contribution in [1.29, 1.82) is 0 Å². The van der Waals surface area contributed by atoms with Crippen LogP contribution in [0.5, 0.6) is 0 Å². The Kier molecular flexibility index (Phi) is 3.04. The van der Waals surface area contributed by atoms with Crippen LogP contribution in [0.2, 0.25) is 0 Å². The monoisotopic (exact) mass is 210 g/mol. The average Bonchev–Trinajstić information content (AvgIpc) is 2.78. The Morgan fingerprint density at radius 1 is 1.43 bits per heavy atom. The number of nitrogens with two attached hydrogens (primary N) is 1. The zero-order chi connectivity index (χ0) is 10.8. The minimum Gasteiger partial charge on any atom is -0.355 e. The number of alkyl halides is 3. The molecule has 1 aliphatic rings. The molecule has 14 heavy (non-hydrogen) atoms. The molecule has 0 spiro atoms. The first kappa shape index (κ1) is 11.3. The lowest BCUT2D eigenvalue weighted by Crippen LogP contribution is -2.35. The maximum absolute atomic E-state index is 11.7. The van der Waals surface area contributed by atoms with Gasteiger partial charge in [0.2, 0.25) is 5.91 Å². The van der Waals surface area contributed by atoms with Gasteiger partial charge in [0, 0.05) is 6.54 Å². The lowest BCUT2D eigenvalue weighted by Gasteiger charge is -2.13. The first-order valence-corrected chi connectivity index (χ1v) is 4.40. The quantitative estimate of drug-likeness (QED) is 0.720. The Balaban J connectivity index is 2.22. The third-order valence-electron chi connectivity index (χ3n) is 2.41. The summed E-state index contributed by atoms with van der Waals surface area (Å²) in [5.41, 5.74) is 5.28. The van der Waals surface area contributed by atoms with Gasteiger partial charge in [0.15, 0.2) is 0 Å². The van der Waals surface area contributed by atoms with Crippen molar-refractivity contribution in [3.8, 4) is 0 Å². The highest BCUT2D eigenvalue weighted by molar-refractivity contribution is 5.76. The predicted octanol–water partition coefficient (Wildman–Crippen LogP) is 0.794. The molecule has 0 saturated heterocycles. The van der Waals surface area contributed by atoms with E-state index in [-0.39, 0.29) is 12.0 Å². The molecular formula is C8H13F3N2O. The van der Waals surface area contributed by atoms with E-state index in [1.807, 2.05) is 0 Å². The van der Waals surface area contributed by atoms with Crippen molar-refractivity contribution >= 4 is 5.91 Å². The van der Waals surface area contributed by atoms with Crippen LogP contribution in [0.25, 0.3) is 0 Å². The summed E-state index contributed by atoms with van der Waals surface area (Å²) in [6.07, 6.45) is -4.07. The molecule has 0 atom stereocenters. The van der Waals surface area contributed by atoms with Gasteiger partial charge < -0.3 is 11.1 Å². The summed E-state index contributed by atoms with van der Waals surface area (Å²) in [4.78, 5) is 10.8. The van der Waals surface area contributed by atoms with Gasteiger partial charge in [-0.2, -0.15) is 13.2 Å². The van der Waals surface area contributed by atoms with Crippen LogP contribution in [0.15, 0.2) is 0 Å². The largest absolute Gasteiger partial charge is 0.397 e. The molecule has 1 saturated carbocycles. The Hall–Kier alpha value is -0.780. The second kappa shape index (κ2) is 3.76. The zero-order valence-electron chi connectivity index (χ0n) is 7.66. The summed E-state index contributed by atoms with van der Waals surface area (Å²) in [6, 6.07) is 0. The number of carbonyl (C=O) groups is 1. The van der Waals surface area contributed by atoms with Gasteiger partial charge in [0.1, 0.15) is 6.42 Å². The number of amides is 1. The lowest BCUT2D eigenvalue weighted by molar-refractivity contribution is -0.153. The van der Waals surface area contributed by atoms with E-state index in [4.69, 9.17) is 5.73 Å². The van der Waals surface area contributed by atoms with Crippen molar-refractivity contribution in [3.63, 3.8) is 0 Å². The second-order valence-electron chi connectivity index (χ2n) is 3.77. The molecule has 3 N–H and O–H groups in total. The topological polar surface area (TPSA) is 55.1 Å². The Bertz CT molecular complexity index is 223. The minimum atomic E-state index is -4.43. The Morgan fingerprint density at radius 3 is 2.36 bits per heavy atom. The number of rotatable bonds is 4. The molecule has 1 aliphatic carbocycles. The van der Waals surface area contributed by atoms with Crippen LogP contribution in [-0.4, -0.2) is 25.2 Å². The van der Waals surface area contributed by atoms with Crippen LogP contribution in [-0.2, 0) is 4.79 Å². The number of nitrogens with one attached hydrogen (secondary N) is 1. The van der Waals surface area contributed by atoms with Crippen LogP contribution in [0, 0.1) is 5.41 Å². The standard InChI is InChI=1S/C8H13F3N2O/c9-8(10,11)3-6(14)13-5-7(4-12)1-2-7/h1-5,12H2,(H,13,14). The summed E-state index contributed by atoms with van der Waals surface area (Å²) in [5, 5.41) is 2.25. The highest BCUT2D eigenvalue weighted by Crippen LogP contribution is 2.43. The maximum atomic E-state index is 11.7. The number of hydrogen-bond acceptors (Lipinski definition) is 2. The molecule has 1 rings (SSSR count). The fraction of sp³-hybridized carbons (Fsp3) is 0.875. The molecule has 0 aliphatic heterocycles. The number of carbonyl (C=O) groups excluding carboxylic acids is 1. The second-order valence-corrected chi connectivity index (χ2v) is 3.77. The molecule has 1 fully saturated rings. The van der Waals surface area contributed by atoms with E-state index in [0.717, 1.165) is 12.8 Å². The summed E-state index contributed by atoms with van der Waals surface area (Å²) >= 11 is 0. The molecule has 0 unspecified atom stereocenters. The van der Waals surface area contributed by atoms with E-state index in [1.165, 1.54) is 0 Å². The molecule has 0 heterocycles. The lowest BCUT2D eigenvalue weighted by atomic mass is 10.1. The molecule has 0 aromatic heterocycles. The third-order valence-corrected chi connectivity index (χ3v) is 2.41. The van der Waals surface area contributed by atoms with Crippen LogP contribution < -0.4 is 11.1 Å². The van der Waals surface area contributed by atoms with E-state index in [1.54, 1.807) is 0 Å². The van der Waals surface area contributed by atoms with Gasteiger partial charge in [-0.1, -0.05) is 0 Å². The number of hydrogen-bond donors (Lipinski definition) is 2. The molecule has 82 valence electrons. The molecular weight excluding hydrogens is 197 g/mol. The Morgan fingerprint density at radius 2 is 2.00 bits per heavy atom. The van der Waals surface area contributed by atoms with Crippen molar-refractivity contribution in [3.05, 3.63) is 0 Å². The first-order valence-electron chi connectivity index (χ1n) is 4.40. The molecule has 0 radical (unpaired) electrons. The van der Waals surface area contributed by atoms with E-state index in [0.29, 0.717) is 6.54 Å². The van der Waals surface area contributed by atoms with E-state index in [2.05, 4.69) is 5.32 Å². The average molecular weight is 210 g/mol. The first-order chi connectivity index (χ1) is 6.37. The van der Waals surface area contributed by atoms with Crippen LogP contribution >= 0.6 is 0 Å². The summed E-state index contributed by atoms with van der Waals surface area (Å²) < 4.78 is 35.2. The molecule has 0 aromatic rings. The smallest absolute Gasteiger partial charge is 0.355 e. The van der Waals surface area contributed by atoms with E-state index < -0.39 is 18.5 Å². The van der Waals surface area contributed by atoms with Crippen molar-refractivity contribution in [2.24, 2.45) is 11.1 Å². The van der Waals surface area contributed by atoms with Gasteiger partial charge in [0.25, 0.3) is 0 Å². The van der Waals surface area contributed by atoms with Crippen molar-refractivity contribution in [2.45, 2.75) is 25.4 Å². The summed E-state index contributed by atoms with van der Waals surface area (Å²) in [5.74, 6) is -0.975. The predicted molar refractivity (Wildman–Crippen MR) is 44.4 cm³/mol. The molecule has 0 bridgehead atoms. The minimum absolute atomic E-state index is 0.124. The van der Waals surface area contributed by atoms with Gasteiger partial charge in [-0.05, 0) is 24.8 Å². The Labute approximate surface area is 79.8 Å². The highest BCUT2D eigenvalue weighted by atomic mass is 19.4.